The van der Waals surface area contributed by atoms with Crippen molar-refractivity contribution >= 4 is 50.0 Å². The highest BCUT2D eigenvalue weighted by molar-refractivity contribution is 9.10. The molecule has 0 saturated carbocycles. The van der Waals surface area contributed by atoms with E-state index in [1.807, 2.05) is 65.4 Å². The van der Waals surface area contributed by atoms with Gasteiger partial charge in [0.05, 0.1) is 29.4 Å². The lowest BCUT2D eigenvalue weighted by Gasteiger charge is -2.12. The monoisotopic (exact) mass is 519 g/mol. The molecule has 0 aliphatic heterocycles. The van der Waals surface area contributed by atoms with Crippen LogP contribution >= 0.6 is 15.9 Å². The second kappa shape index (κ2) is 9.64. The Bertz CT molecular complexity index is 1400. The average molecular weight is 520 g/mol. The molecule has 0 amide bonds. The van der Waals surface area contributed by atoms with Crippen LogP contribution in [0.25, 0.3) is 22.2 Å². The summed E-state index contributed by atoms with van der Waals surface area (Å²) in [5.74, 6) is 1.09. The molecular weight excluding hydrogens is 498 g/mol. The summed E-state index contributed by atoms with van der Waals surface area (Å²) in [4.78, 5) is 8.97. The van der Waals surface area contributed by atoms with E-state index in [-0.39, 0.29) is 6.61 Å². The molecular formula is C24H22BrN7O2. The molecule has 3 heterocycles. The number of halogens is 1. The molecule has 0 aliphatic carbocycles. The van der Waals surface area contributed by atoms with E-state index < -0.39 is 6.10 Å². The number of nitrogens with one attached hydrogen (secondary N) is 3. The molecule has 0 unspecified atom stereocenters. The first kappa shape index (κ1) is 22.1. The molecule has 172 valence electrons. The van der Waals surface area contributed by atoms with E-state index in [9.17, 15) is 5.11 Å². The Morgan fingerprint density at radius 1 is 1.03 bits per heavy atom. The van der Waals surface area contributed by atoms with Crippen molar-refractivity contribution in [2.24, 2.45) is 0 Å². The molecule has 10 heteroatoms. The minimum absolute atomic E-state index is 0.272. The van der Waals surface area contributed by atoms with Crippen molar-refractivity contribution in [2.75, 3.05) is 17.2 Å². The van der Waals surface area contributed by atoms with Crippen LogP contribution in [0, 0.1) is 0 Å². The van der Waals surface area contributed by atoms with Gasteiger partial charge in [-0.05, 0) is 64.0 Å². The molecule has 1 atom stereocenters. The van der Waals surface area contributed by atoms with Gasteiger partial charge in [0.1, 0.15) is 5.82 Å². The van der Waals surface area contributed by atoms with Gasteiger partial charge in [0, 0.05) is 40.9 Å². The average Bonchev–Trinajstić information content (AvgIpc) is 3.52. The molecule has 0 aliphatic rings. The molecule has 5 aromatic rings. The summed E-state index contributed by atoms with van der Waals surface area (Å²) in [7, 11) is 0. The molecule has 0 radical (unpaired) electrons. The minimum Gasteiger partial charge on any atom is -0.394 e. The van der Waals surface area contributed by atoms with Gasteiger partial charge in [0.15, 0.2) is 0 Å². The number of aliphatic hydroxyl groups is 2. The number of rotatable bonds is 8. The Morgan fingerprint density at radius 3 is 2.62 bits per heavy atom. The quantitative estimate of drug-likeness (QED) is 0.205. The van der Waals surface area contributed by atoms with E-state index in [1.54, 1.807) is 12.4 Å². The molecule has 3 aromatic heterocycles. The van der Waals surface area contributed by atoms with Crippen LogP contribution in [0.3, 0.4) is 0 Å². The summed E-state index contributed by atoms with van der Waals surface area (Å²) in [5.41, 5.74) is 4.69. The third-order valence-corrected chi connectivity index (χ3v) is 5.93. The Balaban J connectivity index is 1.32. The zero-order chi connectivity index (χ0) is 23.5. The van der Waals surface area contributed by atoms with Crippen LogP contribution in [0.4, 0.5) is 23.1 Å². The van der Waals surface area contributed by atoms with Gasteiger partial charge in [0.25, 0.3) is 0 Å². The number of anilines is 4. The van der Waals surface area contributed by atoms with Crippen LogP contribution < -0.4 is 10.6 Å². The largest absolute Gasteiger partial charge is 0.394 e. The topological polar surface area (TPSA) is 124 Å². The predicted molar refractivity (Wildman–Crippen MR) is 135 cm³/mol. The highest BCUT2D eigenvalue weighted by Gasteiger charge is 2.10. The Hall–Kier alpha value is -3.73. The van der Waals surface area contributed by atoms with Gasteiger partial charge in [0.2, 0.25) is 5.95 Å². The molecule has 2 aromatic carbocycles. The Kier molecular flexibility index (Phi) is 6.26. The lowest BCUT2D eigenvalue weighted by atomic mass is 10.1. The lowest BCUT2D eigenvalue weighted by molar-refractivity contribution is 0.0822. The number of fused-ring (bicyclic) bond motifs is 1. The molecule has 34 heavy (non-hydrogen) atoms. The summed E-state index contributed by atoms with van der Waals surface area (Å²) in [6.45, 7) is 0.0634. The summed E-state index contributed by atoms with van der Waals surface area (Å²) >= 11 is 3.51. The van der Waals surface area contributed by atoms with Crippen LogP contribution in [0.5, 0.6) is 0 Å². The number of benzene rings is 2. The second-order valence-electron chi connectivity index (χ2n) is 7.77. The third kappa shape index (κ3) is 4.79. The van der Waals surface area contributed by atoms with Crippen molar-refractivity contribution < 1.29 is 10.2 Å². The number of hydrogen-bond donors (Lipinski definition) is 5. The van der Waals surface area contributed by atoms with E-state index in [1.165, 1.54) is 0 Å². The van der Waals surface area contributed by atoms with E-state index in [0.717, 1.165) is 38.0 Å². The summed E-state index contributed by atoms with van der Waals surface area (Å²) in [6.07, 6.45) is 4.52. The van der Waals surface area contributed by atoms with Crippen molar-refractivity contribution in [2.45, 2.75) is 12.6 Å². The molecule has 5 rings (SSSR count). The zero-order valence-corrected chi connectivity index (χ0v) is 19.6. The fourth-order valence-electron chi connectivity index (χ4n) is 3.65. The van der Waals surface area contributed by atoms with E-state index in [2.05, 4.69) is 46.7 Å². The third-order valence-electron chi connectivity index (χ3n) is 5.35. The molecule has 0 bridgehead atoms. The minimum atomic E-state index is -0.794. The lowest BCUT2D eigenvalue weighted by Crippen LogP contribution is -2.19. The zero-order valence-electron chi connectivity index (χ0n) is 18.0. The molecule has 0 fully saturated rings. The number of hydrogen-bond acceptors (Lipinski definition) is 7. The van der Waals surface area contributed by atoms with Crippen molar-refractivity contribution in [3.63, 3.8) is 0 Å². The Labute approximate surface area is 203 Å². The summed E-state index contributed by atoms with van der Waals surface area (Å²) in [6, 6.07) is 17.7. The maximum absolute atomic E-state index is 9.75. The number of aromatic nitrogens is 5. The standard InChI is InChI=1S/C24H22BrN7O2/c25-20-12-26-24(29-17-3-1-15(2-4-17)21-7-9-27-31-21)30-23(20)28-18-5-6-22-16(11-18)8-10-32(22)13-19(34)14-33/h1-12,19,33-34H,13-14H2,(H,27,31)(H2,26,28,29,30)/t19-/m1/s1. The molecule has 0 saturated heterocycles. The van der Waals surface area contributed by atoms with Crippen LogP contribution in [-0.4, -0.2) is 47.7 Å². The van der Waals surface area contributed by atoms with Gasteiger partial charge < -0.3 is 25.4 Å². The second-order valence-corrected chi connectivity index (χ2v) is 8.62. The highest BCUT2D eigenvalue weighted by Crippen LogP contribution is 2.28. The maximum Gasteiger partial charge on any atom is 0.229 e. The fourth-order valence-corrected chi connectivity index (χ4v) is 3.94. The fraction of sp³-hybridized carbons (Fsp3) is 0.125. The molecule has 0 spiro atoms. The van der Waals surface area contributed by atoms with Crippen molar-refractivity contribution in [3.05, 3.63) is 77.7 Å². The first-order chi connectivity index (χ1) is 16.6. The summed E-state index contributed by atoms with van der Waals surface area (Å²) < 4.78 is 2.65. The smallest absolute Gasteiger partial charge is 0.229 e. The number of aliphatic hydroxyl groups excluding tert-OH is 2. The van der Waals surface area contributed by atoms with Crippen molar-refractivity contribution in [3.8, 4) is 11.3 Å². The van der Waals surface area contributed by atoms with Gasteiger partial charge in [-0.15, -0.1) is 0 Å². The first-order valence-electron chi connectivity index (χ1n) is 10.6. The molecule has 9 nitrogen and oxygen atoms in total. The SMILES string of the molecule is OC[C@H](O)Cn1ccc2cc(Nc3nc(Nc4ccc(-c5ccn[nH]5)cc4)ncc3Br)ccc21. The number of H-pyrrole nitrogens is 1. The van der Waals surface area contributed by atoms with Gasteiger partial charge in [-0.1, -0.05) is 12.1 Å². The Morgan fingerprint density at radius 2 is 1.85 bits per heavy atom. The van der Waals surface area contributed by atoms with Gasteiger partial charge >= 0.3 is 0 Å². The predicted octanol–water partition coefficient (Wildman–Crippen LogP) is 4.42. The van der Waals surface area contributed by atoms with Gasteiger partial charge in [-0.3, -0.25) is 5.10 Å². The number of aromatic amines is 1. The highest BCUT2D eigenvalue weighted by atomic mass is 79.9. The first-order valence-corrected chi connectivity index (χ1v) is 11.4. The van der Waals surface area contributed by atoms with Gasteiger partial charge in [-0.2, -0.15) is 10.1 Å². The molecule has 5 N–H and O–H groups in total. The van der Waals surface area contributed by atoms with Crippen LogP contribution in [-0.2, 0) is 6.54 Å². The van der Waals surface area contributed by atoms with Crippen LogP contribution in [0.2, 0.25) is 0 Å². The van der Waals surface area contributed by atoms with Crippen molar-refractivity contribution in [1.82, 2.24) is 24.7 Å². The van der Waals surface area contributed by atoms with E-state index >= 15 is 0 Å². The van der Waals surface area contributed by atoms with Crippen LogP contribution in [0.15, 0.2) is 77.7 Å². The van der Waals surface area contributed by atoms with Crippen LogP contribution in [0.1, 0.15) is 0 Å². The van der Waals surface area contributed by atoms with Crippen molar-refractivity contribution in [1.29, 1.82) is 0 Å². The maximum atomic E-state index is 9.75. The van der Waals surface area contributed by atoms with E-state index in [0.29, 0.717) is 18.3 Å². The van der Waals surface area contributed by atoms with Gasteiger partial charge in [-0.25, -0.2) is 4.98 Å². The summed E-state index contributed by atoms with van der Waals surface area (Å²) in [5, 5.41) is 33.4. The van der Waals surface area contributed by atoms with E-state index in [4.69, 9.17) is 5.11 Å². The number of nitrogens with zero attached hydrogens (tertiary/aromatic N) is 4. The normalized spacial score (nSPS) is 12.1.